The Morgan fingerprint density at radius 2 is 2.03 bits per heavy atom. The highest BCUT2D eigenvalue weighted by atomic mass is 16.6. The Morgan fingerprint density at radius 3 is 2.73 bits per heavy atom. The summed E-state index contributed by atoms with van der Waals surface area (Å²) in [6.07, 6.45) is 5.60. The van der Waals surface area contributed by atoms with Crippen molar-refractivity contribution in [1.82, 2.24) is 40.1 Å². The SMILES string of the molecule is CCn1c(-c2nonc2N)nc2c(-c3ccccc3)ncc(C(=O)NCCc3c[nH]cn3)c21. The number of carbonyl (C=O) groups is 1. The van der Waals surface area contributed by atoms with Gasteiger partial charge >= 0.3 is 0 Å². The second-order valence-electron chi connectivity index (χ2n) is 7.33. The largest absolute Gasteiger partial charge is 0.379 e. The number of H-pyrrole nitrogens is 1. The zero-order chi connectivity index (χ0) is 22.8. The van der Waals surface area contributed by atoms with Gasteiger partial charge in [-0.05, 0) is 17.2 Å². The monoisotopic (exact) mass is 443 g/mol. The first-order valence-electron chi connectivity index (χ1n) is 10.5. The zero-order valence-electron chi connectivity index (χ0n) is 17.8. The maximum Gasteiger partial charge on any atom is 0.255 e. The molecule has 0 aliphatic carbocycles. The number of rotatable bonds is 7. The molecule has 0 saturated carbocycles. The lowest BCUT2D eigenvalue weighted by molar-refractivity contribution is 0.0955. The molecule has 0 fully saturated rings. The summed E-state index contributed by atoms with van der Waals surface area (Å²) in [7, 11) is 0. The van der Waals surface area contributed by atoms with Crippen LogP contribution in [0.1, 0.15) is 23.0 Å². The van der Waals surface area contributed by atoms with Crippen LogP contribution in [-0.2, 0) is 13.0 Å². The third-order valence-electron chi connectivity index (χ3n) is 5.33. The maximum absolute atomic E-state index is 13.2. The van der Waals surface area contributed by atoms with E-state index in [9.17, 15) is 4.79 Å². The molecule has 11 heteroatoms. The molecular weight excluding hydrogens is 422 g/mol. The first kappa shape index (κ1) is 20.4. The number of nitrogens with zero attached hydrogens (tertiary/aromatic N) is 6. The molecule has 0 bridgehead atoms. The zero-order valence-corrected chi connectivity index (χ0v) is 17.8. The number of imidazole rings is 2. The van der Waals surface area contributed by atoms with Gasteiger partial charge in [-0.1, -0.05) is 30.3 Å². The molecular formula is C22H21N9O2. The van der Waals surface area contributed by atoms with Crippen molar-refractivity contribution in [3.8, 4) is 22.8 Å². The molecule has 1 amide bonds. The van der Waals surface area contributed by atoms with Crippen LogP contribution in [0.15, 0.2) is 53.7 Å². The molecule has 5 aromatic rings. The van der Waals surface area contributed by atoms with Crippen LogP contribution in [0.25, 0.3) is 33.8 Å². The highest BCUT2D eigenvalue weighted by Crippen LogP contribution is 2.33. The van der Waals surface area contributed by atoms with Crippen molar-refractivity contribution in [3.05, 3.63) is 60.3 Å². The predicted octanol–water partition coefficient (Wildman–Crippen LogP) is 2.45. The number of hydrogen-bond acceptors (Lipinski definition) is 8. The topological polar surface area (TPSA) is 153 Å². The van der Waals surface area contributed by atoms with Gasteiger partial charge in [-0.25, -0.2) is 14.6 Å². The van der Waals surface area contributed by atoms with Gasteiger partial charge < -0.3 is 20.6 Å². The number of fused-ring (bicyclic) bond motifs is 1. The quantitative estimate of drug-likeness (QED) is 0.347. The lowest BCUT2D eigenvalue weighted by Gasteiger charge is -2.11. The standard InChI is InChI=1S/C22H21N9O2/c1-2-31-19-15(22(32)25-9-8-14-10-24-12-27-14)11-26-16(13-6-4-3-5-7-13)17(19)28-21(31)18-20(23)30-33-29-18/h3-7,10-12H,2,8-9H2,1H3,(H2,23,30)(H,24,27)(H,25,32). The van der Waals surface area contributed by atoms with Gasteiger partial charge in [0.2, 0.25) is 0 Å². The minimum atomic E-state index is -0.255. The molecule has 4 aromatic heterocycles. The Kier molecular flexibility index (Phi) is 5.27. The molecule has 4 heterocycles. The molecule has 166 valence electrons. The molecule has 5 rings (SSSR count). The minimum Gasteiger partial charge on any atom is -0.379 e. The van der Waals surface area contributed by atoms with Crippen molar-refractivity contribution in [3.63, 3.8) is 0 Å². The van der Waals surface area contributed by atoms with Gasteiger partial charge in [-0.15, -0.1) is 0 Å². The van der Waals surface area contributed by atoms with Crippen molar-refractivity contribution in [2.45, 2.75) is 19.9 Å². The molecule has 0 spiro atoms. The molecule has 0 aliphatic heterocycles. The van der Waals surface area contributed by atoms with Crippen molar-refractivity contribution in [1.29, 1.82) is 0 Å². The summed E-state index contributed by atoms with van der Waals surface area (Å²) in [6, 6.07) is 9.68. The van der Waals surface area contributed by atoms with Crippen LogP contribution in [0, 0.1) is 0 Å². The van der Waals surface area contributed by atoms with Crippen LogP contribution in [0.3, 0.4) is 0 Å². The molecule has 0 radical (unpaired) electrons. The van der Waals surface area contributed by atoms with E-state index in [-0.39, 0.29) is 11.7 Å². The Hall–Kier alpha value is -4.54. The number of nitrogen functional groups attached to an aromatic ring is 1. The van der Waals surface area contributed by atoms with Gasteiger partial charge in [0, 0.05) is 37.5 Å². The van der Waals surface area contributed by atoms with Crippen LogP contribution < -0.4 is 11.1 Å². The van der Waals surface area contributed by atoms with Gasteiger partial charge in [0.25, 0.3) is 5.91 Å². The average molecular weight is 443 g/mol. The Labute approximate surface area is 188 Å². The van der Waals surface area contributed by atoms with Gasteiger partial charge in [-0.3, -0.25) is 9.78 Å². The number of benzene rings is 1. The van der Waals surface area contributed by atoms with Crippen molar-refractivity contribution in [2.24, 2.45) is 0 Å². The normalized spacial score (nSPS) is 11.2. The number of anilines is 1. The van der Waals surface area contributed by atoms with Gasteiger partial charge in [0.15, 0.2) is 17.3 Å². The first-order chi connectivity index (χ1) is 16.2. The van der Waals surface area contributed by atoms with Crippen LogP contribution in [0.2, 0.25) is 0 Å². The van der Waals surface area contributed by atoms with E-state index in [4.69, 9.17) is 15.3 Å². The summed E-state index contributed by atoms with van der Waals surface area (Å²) >= 11 is 0. The van der Waals surface area contributed by atoms with Crippen LogP contribution in [-0.4, -0.2) is 47.3 Å². The summed E-state index contributed by atoms with van der Waals surface area (Å²) < 4.78 is 6.67. The van der Waals surface area contributed by atoms with E-state index >= 15 is 0 Å². The Morgan fingerprint density at radius 1 is 1.18 bits per heavy atom. The van der Waals surface area contributed by atoms with Crippen molar-refractivity contribution >= 4 is 22.8 Å². The number of aromatic amines is 1. The van der Waals surface area contributed by atoms with E-state index in [1.165, 1.54) is 0 Å². The number of aryl methyl sites for hydroxylation is 1. The molecule has 11 nitrogen and oxygen atoms in total. The number of aromatic nitrogens is 7. The van der Waals surface area contributed by atoms with Crippen LogP contribution in [0.5, 0.6) is 0 Å². The number of hydrogen-bond donors (Lipinski definition) is 3. The maximum atomic E-state index is 13.2. The highest BCUT2D eigenvalue weighted by molar-refractivity contribution is 6.08. The van der Waals surface area contributed by atoms with E-state index in [0.717, 1.165) is 11.3 Å². The Balaban J connectivity index is 1.63. The summed E-state index contributed by atoms with van der Waals surface area (Å²) in [5.41, 5.74) is 10.3. The fourth-order valence-corrected chi connectivity index (χ4v) is 3.78. The van der Waals surface area contributed by atoms with E-state index in [2.05, 4.69) is 30.6 Å². The fourth-order valence-electron chi connectivity index (χ4n) is 3.78. The number of amides is 1. The van der Waals surface area contributed by atoms with Gasteiger partial charge in [-0.2, -0.15) is 0 Å². The molecule has 0 aliphatic rings. The fraction of sp³-hybridized carbons (Fsp3) is 0.182. The summed E-state index contributed by atoms with van der Waals surface area (Å²) in [5, 5.41) is 10.5. The van der Waals surface area contributed by atoms with E-state index in [1.807, 2.05) is 41.8 Å². The number of nitrogens with two attached hydrogens (primary N) is 1. The number of pyridine rings is 1. The minimum absolute atomic E-state index is 0.124. The second-order valence-corrected chi connectivity index (χ2v) is 7.33. The summed E-state index contributed by atoms with van der Waals surface area (Å²) in [6.45, 7) is 2.90. The molecule has 4 N–H and O–H groups in total. The number of carbonyl (C=O) groups excluding carboxylic acids is 1. The Bertz CT molecular complexity index is 1400. The average Bonchev–Trinajstić information content (AvgIpc) is 3.58. The van der Waals surface area contributed by atoms with E-state index < -0.39 is 0 Å². The second kappa shape index (κ2) is 8.54. The van der Waals surface area contributed by atoms with Crippen molar-refractivity contribution < 1.29 is 9.42 Å². The van der Waals surface area contributed by atoms with E-state index in [0.29, 0.717) is 53.3 Å². The highest BCUT2D eigenvalue weighted by Gasteiger charge is 2.25. The first-order valence-corrected chi connectivity index (χ1v) is 10.5. The summed E-state index contributed by atoms with van der Waals surface area (Å²) in [5.74, 6) is 0.330. The molecule has 0 saturated heterocycles. The molecule has 0 atom stereocenters. The van der Waals surface area contributed by atoms with Crippen LogP contribution >= 0.6 is 0 Å². The lowest BCUT2D eigenvalue weighted by atomic mass is 10.1. The molecule has 33 heavy (non-hydrogen) atoms. The third kappa shape index (κ3) is 3.69. The molecule has 0 unspecified atom stereocenters. The smallest absolute Gasteiger partial charge is 0.255 e. The van der Waals surface area contributed by atoms with Crippen molar-refractivity contribution in [2.75, 3.05) is 12.3 Å². The van der Waals surface area contributed by atoms with Gasteiger partial charge in [0.05, 0.1) is 28.8 Å². The van der Waals surface area contributed by atoms with Crippen LogP contribution in [0.4, 0.5) is 5.82 Å². The molecule has 1 aromatic carbocycles. The van der Waals surface area contributed by atoms with E-state index in [1.54, 1.807) is 18.7 Å². The predicted molar refractivity (Wildman–Crippen MR) is 121 cm³/mol. The summed E-state index contributed by atoms with van der Waals surface area (Å²) in [4.78, 5) is 29.7. The third-order valence-corrected chi connectivity index (χ3v) is 5.33. The lowest BCUT2D eigenvalue weighted by Crippen LogP contribution is -2.26. The number of nitrogens with one attached hydrogen (secondary N) is 2. The van der Waals surface area contributed by atoms with Gasteiger partial charge in [0.1, 0.15) is 5.52 Å².